The van der Waals surface area contributed by atoms with Gasteiger partial charge in [0.15, 0.2) is 0 Å². The lowest BCUT2D eigenvalue weighted by Crippen LogP contribution is -3.00. The number of nitrogens with zero attached hydrogens (tertiary/aromatic N) is 3. The molecule has 80 heavy (non-hydrogen) atoms. The topological polar surface area (TPSA) is 135 Å². The average Bonchev–Trinajstić information content (AvgIpc) is 3.43. The van der Waals surface area contributed by atoms with Gasteiger partial charge in [-0.1, -0.05) is 239 Å². The first-order valence-electron chi connectivity index (χ1n) is 34.7. The molecule has 486 valence electrons. The molecule has 0 saturated heterocycles. The number of rotatable bonds is 52. The Kier molecular flexibility index (Phi) is 62.7. The number of carboxylic acids is 2. The van der Waals surface area contributed by atoms with Crippen molar-refractivity contribution < 1.29 is 58.6 Å². The molecule has 12 heteroatoms. The average molecular weight is 1180 g/mol. The fourth-order valence-electron chi connectivity index (χ4n) is 12.1. The summed E-state index contributed by atoms with van der Waals surface area (Å²) in [7, 11) is -5.20. The highest BCUT2D eigenvalue weighted by molar-refractivity contribution is 7.87. The highest BCUT2D eigenvalue weighted by Gasteiger charge is 2.50. The first kappa shape index (κ1) is 87.8. The molecule has 1 N–H and O–H groups in total. The van der Waals surface area contributed by atoms with Gasteiger partial charge in [-0.2, -0.15) is 8.42 Å². The quantitative estimate of drug-likeness (QED) is 0.0473. The number of carbonyl (C=O) groups is 2. The van der Waals surface area contributed by atoms with Crippen molar-refractivity contribution in [2.45, 2.75) is 334 Å². The molecule has 3 unspecified atom stereocenters. The molecule has 0 aliphatic heterocycles. The molecule has 0 aliphatic rings. The van der Waals surface area contributed by atoms with Crippen molar-refractivity contribution in [3.8, 4) is 0 Å². The van der Waals surface area contributed by atoms with E-state index < -0.39 is 32.7 Å². The van der Waals surface area contributed by atoms with Crippen molar-refractivity contribution in [1.82, 2.24) is 0 Å². The molecule has 0 rings (SSSR count). The van der Waals surface area contributed by atoms with E-state index in [9.17, 15) is 32.8 Å². The summed E-state index contributed by atoms with van der Waals surface area (Å²) in [6.45, 7) is 52.7. The summed E-state index contributed by atoms with van der Waals surface area (Å²) in [5, 5.41) is 21.5. The van der Waals surface area contributed by atoms with E-state index in [4.69, 9.17) is 0 Å². The summed E-state index contributed by atoms with van der Waals surface area (Å²) in [6.07, 6.45) is 38.7. The van der Waals surface area contributed by atoms with E-state index in [1.165, 1.54) is 246 Å². The Morgan fingerprint density at radius 2 is 0.537 bits per heavy atom. The highest BCUT2D eigenvalue weighted by atomic mass is 35.5. The molecule has 3 atom stereocenters. The second kappa shape index (κ2) is 57.1. The number of hydrogen-bond donors (Lipinski definition) is 1. The van der Waals surface area contributed by atoms with Crippen LogP contribution in [0.15, 0.2) is 0 Å². The molecule has 0 aliphatic carbocycles. The second-order valence-corrected chi connectivity index (χ2v) is 26.4. The summed E-state index contributed by atoms with van der Waals surface area (Å²) in [6, 6.07) is 0. The normalized spacial score (nSPS) is 13.8. The van der Waals surface area contributed by atoms with Crippen molar-refractivity contribution >= 4 is 22.1 Å². The van der Waals surface area contributed by atoms with Crippen LogP contribution in [0.5, 0.6) is 0 Å². The van der Waals surface area contributed by atoms with Gasteiger partial charge in [-0.25, -0.2) is 0 Å². The first-order chi connectivity index (χ1) is 37.7. The molecule has 0 aromatic rings. The van der Waals surface area contributed by atoms with Crippen LogP contribution in [-0.2, 0) is 19.7 Å². The number of halogens is 1. The van der Waals surface area contributed by atoms with Crippen LogP contribution in [0.25, 0.3) is 0 Å². The Balaban J connectivity index is -0.000000320. The molecule has 0 aromatic carbocycles. The number of hydrogen-bond acceptors (Lipinski definition) is 6. The van der Waals surface area contributed by atoms with Crippen LogP contribution >= 0.6 is 0 Å². The van der Waals surface area contributed by atoms with Gasteiger partial charge in [-0.15, -0.1) is 0 Å². The predicted molar refractivity (Wildman–Crippen MR) is 342 cm³/mol. The van der Waals surface area contributed by atoms with Crippen molar-refractivity contribution in [3.63, 3.8) is 0 Å². The molecule has 0 amide bonds. The maximum atomic E-state index is 12.3. The molecular formula is C68H144ClN3O7S. The van der Waals surface area contributed by atoms with Crippen LogP contribution in [0.4, 0.5) is 0 Å². The summed E-state index contributed by atoms with van der Waals surface area (Å²) in [5.74, 6) is -4.22. The third-order valence-corrected chi connectivity index (χ3v) is 18.9. The summed E-state index contributed by atoms with van der Waals surface area (Å²) < 4.78 is 37.7. The van der Waals surface area contributed by atoms with Gasteiger partial charge < -0.3 is 45.7 Å². The van der Waals surface area contributed by atoms with E-state index in [2.05, 4.69) is 83.1 Å². The Labute approximate surface area is 508 Å². The van der Waals surface area contributed by atoms with Gasteiger partial charge in [-0.05, 0) is 102 Å². The van der Waals surface area contributed by atoms with Crippen molar-refractivity contribution in [2.75, 3.05) is 78.5 Å². The lowest BCUT2D eigenvalue weighted by Gasteiger charge is -2.44. The van der Waals surface area contributed by atoms with Gasteiger partial charge in [-0.3, -0.25) is 4.55 Å². The fourth-order valence-corrected chi connectivity index (χ4v) is 13.2. The number of unbranched alkanes of at least 4 members (excludes halogenated alkanes) is 14. The van der Waals surface area contributed by atoms with Crippen molar-refractivity contribution in [2.24, 2.45) is 17.3 Å². The maximum absolute atomic E-state index is 12.3. The van der Waals surface area contributed by atoms with Gasteiger partial charge in [0, 0.05) is 11.4 Å². The van der Waals surface area contributed by atoms with Crippen LogP contribution in [0.1, 0.15) is 329 Å². The third kappa shape index (κ3) is 41.9. The predicted octanol–water partition coefficient (Wildman–Crippen LogP) is 14.0. The van der Waals surface area contributed by atoms with Gasteiger partial charge in [0.2, 0.25) is 0 Å². The van der Waals surface area contributed by atoms with E-state index in [1.54, 1.807) is 0 Å². The third-order valence-electron chi connectivity index (χ3n) is 17.6. The first-order valence-corrected chi connectivity index (χ1v) is 36.2. The molecule has 0 fully saturated rings. The van der Waals surface area contributed by atoms with Crippen LogP contribution in [0, 0.1) is 17.3 Å². The van der Waals surface area contributed by atoms with Crippen LogP contribution in [0.3, 0.4) is 0 Å². The Morgan fingerprint density at radius 1 is 0.362 bits per heavy atom. The minimum absolute atomic E-state index is 0. The van der Waals surface area contributed by atoms with Gasteiger partial charge in [0.25, 0.3) is 10.1 Å². The second-order valence-electron chi connectivity index (χ2n) is 24.8. The molecule has 0 saturated carbocycles. The van der Waals surface area contributed by atoms with Gasteiger partial charge in [0.05, 0.1) is 84.5 Å². The molecule has 0 heterocycles. The molecule has 0 radical (unpaired) electrons. The number of aliphatic carboxylic acids is 2. The van der Waals surface area contributed by atoms with E-state index >= 15 is 0 Å². The lowest BCUT2D eigenvalue weighted by atomic mass is 9.68. The minimum atomic E-state index is -5.20. The molecular weight excluding hydrogens is 1040 g/mol. The number of carboxylic acid groups (broad SMARTS) is 2. The SMILES string of the molecule is CCCCC(CC)CC(CC(CC)CCCC)(C(=O)[O-])C(C(=O)[O-])S(=O)(=O)O.CCCC[N+](CCCC)(CCCC)CCCC.CCCC[N+](CCCC)(CCCC)CCCC.CCCC[N+](CCCC)(CCCC)CCCC.[Cl-]. The zero-order valence-electron chi connectivity index (χ0n) is 56.8. The smallest absolute Gasteiger partial charge is 0.274 e. The van der Waals surface area contributed by atoms with Gasteiger partial charge in [0.1, 0.15) is 5.25 Å². The highest BCUT2D eigenvalue weighted by Crippen LogP contribution is 2.43. The summed E-state index contributed by atoms with van der Waals surface area (Å²) in [5.41, 5.74) is -2.23. The van der Waals surface area contributed by atoms with E-state index in [-0.39, 0.29) is 37.1 Å². The standard InChI is InChI=1S/C20H38O7S.3C16H36N.ClH/c1-5-9-11-15(7-3)13-20(19(23)24,14-16(8-4)12-10-6-2)17(18(21)22)28(25,26)27;3*1-5-9-13-17(14-10-6-2,15-11-7-3)16-12-8-4;/h15-17H,5-14H2,1-4H3,(H,21,22)(H,23,24)(H,25,26,27);3*5-16H2,1-4H3;1H/q;3*+1;/p-3. The van der Waals surface area contributed by atoms with Crippen molar-refractivity contribution in [1.29, 1.82) is 0 Å². The number of carbonyl (C=O) groups excluding carboxylic acids is 2. The Hall–Kier alpha value is -0.980. The van der Waals surface area contributed by atoms with Gasteiger partial charge >= 0.3 is 0 Å². The fraction of sp³-hybridized carbons (Fsp3) is 0.971. The number of quaternary nitrogens is 3. The van der Waals surface area contributed by atoms with Crippen LogP contribution in [-0.4, -0.2) is 122 Å². The zero-order valence-corrected chi connectivity index (χ0v) is 58.4. The molecule has 0 aromatic heterocycles. The molecule has 0 bridgehead atoms. The van der Waals surface area contributed by atoms with E-state index in [0.717, 1.165) is 25.7 Å². The Bertz CT molecular complexity index is 1240. The largest absolute Gasteiger partial charge is 1.00 e. The van der Waals surface area contributed by atoms with E-state index in [0.29, 0.717) is 25.7 Å². The summed E-state index contributed by atoms with van der Waals surface area (Å²) >= 11 is 0. The molecule has 0 spiro atoms. The lowest BCUT2D eigenvalue weighted by molar-refractivity contribution is -0.929. The maximum Gasteiger partial charge on any atom is 0.274 e. The monoisotopic (exact) mass is 1180 g/mol. The van der Waals surface area contributed by atoms with Crippen molar-refractivity contribution in [3.05, 3.63) is 0 Å². The Morgan fingerprint density at radius 3 is 0.650 bits per heavy atom. The summed E-state index contributed by atoms with van der Waals surface area (Å²) in [4.78, 5) is 24.0. The van der Waals surface area contributed by atoms with Crippen LogP contribution in [0.2, 0.25) is 0 Å². The zero-order chi connectivity index (χ0) is 60.9. The minimum Gasteiger partial charge on any atom is -1.00 e. The van der Waals surface area contributed by atoms with E-state index in [1.807, 2.05) is 27.7 Å². The molecule has 10 nitrogen and oxygen atoms in total. The van der Waals surface area contributed by atoms with Crippen LogP contribution < -0.4 is 22.6 Å².